The number of oxime groups is 1. The molecule has 0 aromatic carbocycles. The Balaban J connectivity index is 3.40. The lowest BCUT2D eigenvalue weighted by Crippen LogP contribution is -2.42. The molecule has 0 aliphatic heterocycles. The van der Waals surface area contributed by atoms with E-state index in [0.29, 0.717) is 18.6 Å². The fourth-order valence-electron chi connectivity index (χ4n) is 2.73. The van der Waals surface area contributed by atoms with Gasteiger partial charge in [0.15, 0.2) is 5.78 Å². The van der Waals surface area contributed by atoms with Gasteiger partial charge in [-0.1, -0.05) is 38.6 Å². The highest BCUT2D eigenvalue weighted by Gasteiger charge is 2.47. The van der Waals surface area contributed by atoms with Crippen molar-refractivity contribution in [2.24, 2.45) is 16.5 Å². The first-order valence-corrected chi connectivity index (χ1v) is 7.64. The zero-order chi connectivity index (χ0) is 17.6. The third-order valence-corrected chi connectivity index (χ3v) is 3.78. The van der Waals surface area contributed by atoms with E-state index in [1.807, 2.05) is 20.8 Å². The van der Waals surface area contributed by atoms with E-state index in [0.717, 1.165) is 0 Å². The first-order valence-electron chi connectivity index (χ1n) is 7.64. The van der Waals surface area contributed by atoms with Crippen LogP contribution in [0.3, 0.4) is 0 Å². The Bertz CT molecular complexity index is 545. The second-order valence-electron chi connectivity index (χ2n) is 6.18. The summed E-state index contributed by atoms with van der Waals surface area (Å²) < 4.78 is 4.79. The van der Waals surface area contributed by atoms with Gasteiger partial charge in [-0.15, -0.1) is 0 Å². The molecule has 0 fully saturated rings. The lowest BCUT2D eigenvalue weighted by molar-refractivity contribution is -0.149. The highest BCUT2D eigenvalue weighted by Crippen LogP contribution is 2.43. The molecule has 0 aromatic heterocycles. The SMILES string of the molecule is C=CCO/N=C1\CC(C)(C)[C@H](C(=O)OC)C(O)=C1C(=O)CCC. The number of nitrogens with zero attached hydrogens (tertiary/aromatic N) is 1. The number of carbonyl (C=O) groups excluding carboxylic acids is 2. The highest BCUT2D eigenvalue weighted by molar-refractivity contribution is 6.23. The smallest absolute Gasteiger partial charge is 0.316 e. The minimum absolute atomic E-state index is 0.0747. The van der Waals surface area contributed by atoms with E-state index in [-0.39, 0.29) is 30.1 Å². The number of allylic oxidation sites excluding steroid dienone is 1. The second-order valence-corrected chi connectivity index (χ2v) is 6.18. The van der Waals surface area contributed by atoms with Gasteiger partial charge in [-0.25, -0.2) is 0 Å². The second kappa shape index (κ2) is 7.94. The van der Waals surface area contributed by atoms with E-state index >= 15 is 0 Å². The number of ether oxygens (including phenoxy) is 1. The number of methoxy groups -OCH3 is 1. The molecule has 0 spiro atoms. The molecule has 0 unspecified atom stereocenters. The van der Waals surface area contributed by atoms with Gasteiger partial charge >= 0.3 is 5.97 Å². The van der Waals surface area contributed by atoms with Crippen LogP contribution in [0.25, 0.3) is 0 Å². The summed E-state index contributed by atoms with van der Waals surface area (Å²) in [6.45, 7) is 9.22. The molecule has 1 N–H and O–H groups in total. The van der Waals surface area contributed by atoms with Crippen LogP contribution in [-0.4, -0.2) is 36.3 Å². The predicted octanol–water partition coefficient (Wildman–Crippen LogP) is 2.95. The zero-order valence-corrected chi connectivity index (χ0v) is 14.2. The number of aliphatic hydroxyl groups excluding tert-OH is 1. The fourth-order valence-corrected chi connectivity index (χ4v) is 2.73. The van der Waals surface area contributed by atoms with Crippen molar-refractivity contribution in [3.05, 3.63) is 24.0 Å². The van der Waals surface area contributed by atoms with Crippen LogP contribution in [0, 0.1) is 11.3 Å². The number of hydrogen-bond acceptors (Lipinski definition) is 6. The summed E-state index contributed by atoms with van der Waals surface area (Å²) in [5, 5.41) is 14.6. The molecule has 0 saturated carbocycles. The van der Waals surface area contributed by atoms with Crippen molar-refractivity contribution in [3.8, 4) is 0 Å². The van der Waals surface area contributed by atoms with Crippen LogP contribution >= 0.6 is 0 Å². The molecule has 0 radical (unpaired) electrons. The van der Waals surface area contributed by atoms with Crippen LogP contribution in [0.2, 0.25) is 0 Å². The maximum absolute atomic E-state index is 12.4. The molecule has 1 aliphatic rings. The Morgan fingerprint density at radius 3 is 2.65 bits per heavy atom. The Kier molecular flexibility index (Phi) is 6.54. The molecule has 0 aromatic rings. The third kappa shape index (κ3) is 4.21. The number of aliphatic hydroxyl groups is 1. The van der Waals surface area contributed by atoms with Gasteiger partial charge in [0.2, 0.25) is 0 Å². The molecule has 1 rings (SSSR count). The largest absolute Gasteiger partial charge is 0.511 e. The van der Waals surface area contributed by atoms with Gasteiger partial charge in [0, 0.05) is 12.8 Å². The van der Waals surface area contributed by atoms with Crippen molar-refractivity contribution in [3.63, 3.8) is 0 Å². The lowest BCUT2D eigenvalue weighted by atomic mass is 9.67. The molecule has 23 heavy (non-hydrogen) atoms. The van der Waals surface area contributed by atoms with E-state index in [4.69, 9.17) is 9.57 Å². The molecule has 0 saturated heterocycles. The summed E-state index contributed by atoms with van der Waals surface area (Å²) in [5.41, 5.74) is -0.220. The van der Waals surface area contributed by atoms with E-state index in [1.165, 1.54) is 13.2 Å². The normalized spacial score (nSPS) is 21.9. The number of ketones is 1. The molecule has 0 bridgehead atoms. The van der Waals surface area contributed by atoms with E-state index in [9.17, 15) is 14.7 Å². The molecule has 128 valence electrons. The van der Waals surface area contributed by atoms with Gasteiger partial charge in [-0.05, 0) is 11.8 Å². The molecule has 0 amide bonds. The Hall–Kier alpha value is -2.11. The maximum Gasteiger partial charge on any atom is 0.316 e. The first-order chi connectivity index (χ1) is 10.8. The Morgan fingerprint density at radius 2 is 2.13 bits per heavy atom. The van der Waals surface area contributed by atoms with Gasteiger partial charge < -0.3 is 14.7 Å². The summed E-state index contributed by atoms with van der Waals surface area (Å²) in [5.74, 6) is -2.01. The molecular weight excluding hydrogens is 298 g/mol. The van der Waals surface area contributed by atoms with Crippen LogP contribution in [0.15, 0.2) is 29.1 Å². The van der Waals surface area contributed by atoms with E-state index in [1.54, 1.807) is 0 Å². The topological polar surface area (TPSA) is 85.2 Å². The Morgan fingerprint density at radius 1 is 1.48 bits per heavy atom. The van der Waals surface area contributed by atoms with E-state index < -0.39 is 17.3 Å². The van der Waals surface area contributed by atoms with Gasteiger partial charge in [0.05, 0.1) is 18.4 Å². The van der Waals surface area contributed by atoms with Gasteiger partial charge in [0.25, 0.3) is 0 Å². The molecule has 6 nitrogen and oxygen atoms in total. The van der Waals surface area contributed by atoms with Crippen LogP contribution < -0.4 is 0 Å². The molecule has 1 aliphatic carbocycles. The quantitative estimate of drug-likeness (QED) is 0.337. The van der Waals surface area contributed by atoms with Gasteiger partial charge in [0.1, 0.15) is 18.3 Å². The van der Waals surface area contributed by atoms with Crippen LogP contribution in [-0.2, 0) is 19.2 Å². The summed E-state index contributed by atoms with van der Waals surface area (Å²) in [6, 6.07) is 0. The predicted molar refractivity (Wildman–Crippen MR) is 87.1 cm³/mol. The molecule has 0 heterocycles. The van der Waals surface area contributed by atoms with Crippen molar-refractivity contribution in [1.29, 1.82) is 0 Å². The summed E-state index contributed by atoms with van der Waals surface area (Å²) in [7, 11) is 1.26. The molecular formula is C17H25NO5. The van der Waals surface area contributed by atoms with Crippen molar-refractivity contribution >= 4 is 17.5 Å². The number of esters is 1. The average Bonchev–Trinajstić information content (AvgIpc) is 2.46. The van der Waals surface area contributed by atoms with Gasteiger partial charge in [-0.3, -0.25) is 9.59 Å². The number of Topliss-reactive ketones (excluding diaryl/α,β-unsaturated/α-hetero) is 1. The van der Waals surface area contributed by atoms with Crippen LogP contribution in [0.5, 0.6) is 0 Å². The fraction of sp³-hybridized carbons (Fsp3) is 0.588. The lowest BCUT2D eigenvalue weighted by Gasteiger charge is -2.37. The average molecular weight is 323 g/mol. The van der Waals surface area contributed by atoms with E-state index in [2.05, 4.69) is 11.7 Å². The molecule has 6 heteroatoms. The number of hydrogen-bond donors (Lipinski definition) is 1. The standard InChI is InChI=1S/C17H25NO5/c1-6-8-12(19)13-11(18-23-9-7-2)10-17(3,4)14(15(13)20)16(21)22-5/h7,14,20H,2,6,8-10H2,1,3-5H3/b18-11+/t14-/m0/s1. The van der Waals surface area contributed by atoms with Crippen LogP contribution in [0.4, 0.5) is 0 Å². The maximum atomic E-state index is 12.4. The van der Waals surface area contributed by atoms with Crippen molar-refractivity contribution < 1.29 is 24.3 Å². The Labute approximate surface area is 136 Å². The number of carbonyl (C=O) groups is 2. The van der Waals surface area contributed by atoms with Crippen LogP contribution in [0.1, 0.15) is 40.0 Å². The number of rotatable bonds is 7. The van der Waals surface area contributed by atoms with Crippen molar-refractivity contribution in [2.45, 2.75) is 40.0 Å². The summed E-state index contributed by atoms with van der Waals surface area (Å²) in [4.78, 5) is 29.6. The minimum atomic E-state index is -0.901. The monoisotopic (exact) mass is 323 g/mol. The van der Waals surface area contributed by atoms with Crippen molar-refractivity contribution in [1.82, 2.24) is 0 Å². The summed E-state index contributed by atoms with van der Waals surface area (Å²) in [6.07, 6.45) is 2.74. The highest BCUT2D eigenvalue weighted by atomic mass is 16.6. The summed E-state index contributed by atoms with van der Waals surface area (Å²) >= 11 is 0. The zero-order valence-electron chi connectivity index (χ0n) is 14.2. The first kappa shape index (κ1) is 18.9. The van der Waals surface area contributed by atoms with Gasteiger partial charge in [-0.2, -0.15) is 0 Å². The third-order valence-electron chi connectivity index (χ3n) is 3.78. The molecule has 1 atom stereocenters. The minimum Gasteiger partial charge on any atom is -0.511 e. The van der Waals surface area contributed by atoms with Crippen molar-refractivity contribution in [2.75, 3.05) is 13.7 Å².